The molecule has 1 aliphatic carbocycles. The van der Waals surface area contributed by atoms with Gasteiger partial charge in [-0.2, -0.15) is 0 Å². The Morgan fingerprint density at radius 1 is 1.23 bits per heavy atom. The third kappa shape index (κ3) is 7.65. The number of likely N-dealkylation sites (N-methyl/N-ethyl adjacent to an activating group) is 1. The van der Waals surface area contributed by atoms with Crippen LogP contribution >= 0.6 is 0 Å². The molecule has 0 saturated heterocycles. The van der Waals surface area contributed by atoms with E-state index < -0.39 is 17.8 Å². The normalized spacial score (nSPS) is 13.7. The monoisotopic (exact) mass is 548 g/mol. The lowest BCUT2D eigenvalue weighted by Crippen LogP contribution is -2.37. The van der Waals surface area contributed by atoms with Crippen molar-refractivity contribution in [2.24, 2.45) is 5.73 Å². The van der Waals surface area contributed by atoms with Crippen LogP contribution < -0.4 is 27.7 Å². The molecular formula is C28H36N8O4. The summed E-state index contributed by atoms with van der Waals surface area (Å²) in [5, 5.41) is 24.5. The zero-order valence-corrected chi connectivity index (χ0v) is 22.7. The fourth-order valence-corrected chi connectivity index (χ4v) is 4.02. The number of anilines is 2. The Morgan fingerprint density at radius 3 is 2.60 bits per heavy atom. The number of nitrogen functional groups attached to an aromatic ring is 2. The maximum atomic E-state index is 13.5. The Morgan fingerprint density at radius 2 is 1.95 bits per heavy atom. The minimum Gasteiger partial charge on any atom is -0.461 e. The highest BCUT2D eigenvalue weighted by molar-refractivity contribution is 5.95. The van der Waals surface area contributed by atoms with Gasteiger partial charge in [-0.05, 0) is 50.7 Å². The number of hydrogen-bond donors (Lipinski definition) is 6. The van der Waals surface area contributed by atoms with Gasteiger partial charge in [0.15, 0.2) is 5.82 Å². The molecule has 1 aromatic heterocycles. The number of rotatable bonds is 13. The summed E-state index contributed by atoms with van der Waals surface area (Å²) in [4.78, 5) is 32.4. The SMILES string of the molecule is CN(C)CCOC(=O)c1cc(N)cc(-c2cnc(NC3CC3)c(=O)n2CC(O)NCc2ccc(C(=N)N)cc2)c1. The maximum Gasteiger partial charge on any atom is 0.338 e. The molecule has 40 heavy (non-hydrogen) atoms. The van der Waals surface area contributed by atoms with Crippen molar-refractivity contribution < 1.29 is 14.6 Å². The van der Waals surface area contributed by atoms with Crippen LogP contribution in [0.5, 0.6) is 0 Å². The van der Waals surface area contributed by atoms with Gasteiger partial charge in [-0.3, -0.25) is 20.1 Å². The lowest BCUT2D eigenvalue weighted by Gasteiger charge is -2.19. The second kappa shape index (κ2) is 12.7. The van der Waals surface area contributed by atoms with E-state index in [0.717, 1.165) is 18.4 Å². The van der Waals surface area contributed by atoms with Crippen LogP contribution in [-0.4, -0.2) is 70.9 Å². The molecule has 1 atom stereocenters. The van der Waals surface area contributed by atoms with Crippen LogP contribution in [0.4, 0.5) is 11.5 Å². The fourth-order valence-electron chi connectivity index (χ4n) is 4.02. The van der Waals surface area contributed by atoms with Crippen molar-refractivity contribution in [3.05, 3.63) is 75.7 Å². The molecule has 1 fully saturated rings. The Balaban J connectivity index is 1.58. The first-order valence-electron chi connectivity index (χ1n) is 13.0. The highest BCUT2D eigenvalue weighted by Gasteiger charge is 2.24. The van der Waals surface area contributed by atoms with Crippen molar-refractivity contribution >= 4 is 23.3 Å². The first-order valence-corrected chi connectivity index (χ1v) is 13.0. The average Bonchev–Trinajstić information content (AvgIpc) is 3.73. The molecule has 1 heterocycles. The highest BCUT2D eigenvalue weighted by Crippen LogP contribution is 2.26. The van der Waals surface area contributed by atoms with Crippen LogP contribution in [0.15, 0.2) is 53.5 Å². The van der Waals surface area contributed by atoms with Crippen molar-refractivity contribution in [2.45, 2.75) is 38.2 Å². The minimum atomic E-state index is -1.09. The number of nitrogens with one attached hydrogen (secondary N) is 3. The minimum absolute atomic E-state index is 0.0220. The van der Waals surface area contributed by atoms with E-state index in [9.17, 15) is 14.7 Å². The number of aromatic nitrogens is 2. The molecule has 0 aliphatic heterocycles. The van der Waals surface area contributed by atoms with E-state index in [1.54, 1.807) is 24.3 Å². The van der Waals surface area contributed by atoms with Gasteiger partial charge in [-0.25, -0.2) is 9.78 Å². The van der Waals surface area contributed by atoms with Crippen LogP contribution in [0.1, 0.15) is 34.3 Å². The average molecular weight is 549 g/mol. The van der Waals surface area contributed by atoms with E-state index in [0.29, 0.717) is 35.6 Å². The van der Waals surface area contributed by atoms with Crippen molar-refractivity contribution in [3.63, 3.8) is 0 Å². The molecule has 2 aromatic carbocycles. The number of ether oxygens (including phenoxy) is 1. The number of aliphatic hydroxyl groups is 1. The smallest absolute Gasteiger partial charge is 0.338 e. The number of carbonyl (C=O) groups is 1. The third-order valence-corrected chi connectivity index (χ3v) is 6.39. The summed E-state index contributed by atoms with van der Waals surface area (Å²) in [7, 11) is 3.77. The summed E-state index contributed by atoms with van der Waals surface area (Å²) < 4.78 is 6.79. The maximum absolute atomic E-state index is 13.5. The van der Waals surface area contributed by atoms with Gasteiger partial charge in [0.1, 0.15) is 18.7 Å². The van der Waals surface area contributed by atoms with Crippen LogP contribution in [-0.2, 0) is 17.8 Å². The number of nitrogens with zero attached hydrogens (tertiary/aromatic N) is 3. The molecule has 8 N–H and O–H groups in total. The molecule has 4 rings (SSSR count). The van der Waals surface area contributed by atoms with Crippen LogP contribution in [0.25, 0.3) is 11.3 Å². The predicted octanol–water partition coefficient (Wildman–Crippen LogP) is 1.18. The van der Waals surface area contributed by atoms with Gasteiger partial charge in [-0.15, -0.1) is 0 Å². The molecule has 3 aromatic rings. The van der Waals surface area contributed by atoms with E-state index in [4.69, 9.17) is 21.6 Å². The van der Waals surface area contributed by atoms with E-state index in [2.05, 4.69) is 15.6 Å². The highest BCUT2D eigenvalue weighted by atomic mass is 16.5. The van der Waals surface area contributed by atoms with E-state index in [-0.39, 0.29) is 36.4 Å². The molecule has 12 nitrogen and oxygen atoms in total. The Bertz CT molecular complexity index is 1420. The number of esters is 1. The number of hydrogen-bond acceptors (Lipinski definition) is 10. The lowest BCUT2D eigenvalue weighted by atomic mass is 10.1. The molecule has 1 aliphatic rings. The summed E-state index contributed by atoms with van der Waals surface area (Å²) >= 11 is 0. The van der Waals surface area contributed by atoms with E-state index >= 15 is 0 Å². The Hall–Kier alpha value is -4.26. The van der Waals surface area contributed by atoms with Crippen molar-refractivity contribution in [1.82, 2.24) is 19.8 Å². The van der Waals surface area contributed by atoms with Crippen molar-refractivity contribution in [2.75, 3.05) is 38.3 Å². The van der Waals surface area contributed by atoms with Crippen LogP contribution in [0.3, 0.4) is 0 Å². The van der Waals surface area contributed by atoms with Gasteiger partial charge in [0, 0.05) is 35.9 Å². The van der Waals surface area contributed by atoms with E-state index in [1.165, 1.54) is 16.8 Å². The van der Waals surface area contributed by atoms with Crippen LogP contribution in [0, 0.1) is 5.41 Å². The lowest BCUT2D eigenvalue weighted by molar-refractivity contribution is 0.0482. The zero-order valence-electron chi connectivity index (χ0n) is 22.7. The first-order chi connectivity index (χ1) is 19.1. The van der Waals surface area contributed by atoms with Gasteiger partial charge < -0.3 is 31.5 Å². The Kier molecular flexibility index (Phi) is 9.15. The largest absolute Gasteiger partial charge is 0.461 e. The molecule has 212 valence electrons. The molecule has 1 saturated carbocycles. The van der Waals surface area contributed by atoms with Crippen molar-refractivity contribution in [3.8, 4) is 11.3 Å². The van der Waals surface area contributed by atoms with Gasteiger partial charge in [0.2, 0.25) is 0 Å². The summed E-state index contributed by atoms with van der Waals surface area (Å²) in [6, 6.07) is 12.1. The predicted molar refractivity (Wildman–Crippen MR) is 154 cm³/mol. The Labute approximate surface area is 232 Å². The first kappa shape index (κ1) is 28.7. The van der Waals surface area contributed by atoms with Crippen molar-refractivity contribution in [1.29, 1.82) is 5.41 Å². The topological polar surface area (TPSA) is 185 Å². The number of aliphatic hydroxyl groups excluding tert-OH is 1. The van der Waals surface area contributed by atoms with Gasteiger partial charge >= 0.3 is 5.97 Å². The standard InChI is InChI=1S/C28H36N8O4/c1-35(2)9-10-40-28(39)20-11-19(12-21(29)13-20)23-15-33-26(34-22-7-8-22)27(38)36(23)16-24(37)32-14-17-3-5-18(6-4-17)25(30)31/h3-6,11-13,15,22,24,32,37H,7-10,14,16,29H2,1-2H3,(H3,30,31)(H,33,34). The number of nitrogens with two attached hydrogens (primary N) is 2. The van der Waals surface area contributed by atoms with Gasteiger partial charge in [0.25, 0.3) is 5.56 Å². The van der Waals surface area contributed by atoms with Gasteiger partial charge in [-0.1, -0.05) is 24.3 Å². The molecule has 1 unspecified atom stereocenters. The van der Waals surface area contributed by atoms with Gasteiger partial charge in [0.05, 0.1) is 24.0 Å². The zero-order chi connectivity index (χ0) is 28.8. The molecule has 0 bridgehead atoms. The summed E-state index contributed by atoms with van der Waals surface area (Å²) in [5.74, 6) is -0.349. The van der Waals surface area contributed by atoms with Crippen LogP contribution in [0.2, 0.25) is 0 Å². The molecule has 0 amide bonds. The summed E-state index contributed by atoms with van der Waals surface area (Å²) in [6.45, 7) is 1.03. The van der Waals surface area contributed by atoms with E-state index in [1.807, 2.05) is 31.1 Å². The summed E-state index contributed by atoms with van der Waals surface area (Å²) in [5.41, 5.74) is 14.2. The summed E-state index contributed by atoms with van der Waals surface area (Å²) in [6.07, 6.45) is 2.38. The molecule has 12 heteroatoms. The molecule has 0 radical (unpaired) electrons. The molecular weight excluding hydrogens is 512 g/mol. The number of amidine groups is 1. The fraction of sp³-hybridized carbons (Fsp3) is 0.357. The number of carbonyl (C=O) groups excluding carboxylic acids is 1. The number of benzene rings is 2. The third-order valence-electron chi connectivity index (χ3n) is 6.39. The second-order valence-corrected chi connectivity index (χ2v) is 10.1. The second-order valence-electron chi connectivity index (χ2n) is 10.1. The quantitative estimate of drug-likeness (QED) is 0.0596. The molecule has 0 spiro atoms.